The highest BCUT2D eigenvalue weighted by Crippen LogP contribution is 2.38. The zero-order valence-electron chi connectivity index (χ0n) is 19.1. The standard InChI is InChI=1S/C26H37NO4/c1-3-31-26(29)16-22-13-21(9-11-25(22)28)24-15-20-8-10-23(30-2)14-19(20)5-4-12-27(24)17-18-6-7-18/h8,10,14,18,21-22,24H,3-7,9,11-13,15-17H2,1-2H3. The Hall–Kier alpha value is -1.88. The van der Waals surface area contributed by atoms with Gasteiger partial charge in [0.05, 0.1) is 20.1 Å². The molecule has 5 heteroatoms. The number of rotatable bonds is 7. The average molecular weight is 428 g/mol. The minimum atomic E-state index is -0.230. The van der Waals surface area contributed by atoms with Crippen molar-refractivity contribution >= 4 is 11.8 Å². The quantitative estimate of drug-likeness (QED) is 0.611. The zero-order chi connectivity index (χ0) is 21.8. The molecule has 0 bridgehead atoms. The fraction of sp³-hybridized carbons (Fsp3) is 0.692. The van der Waals surface area contributed by atoms with E-state index in [9.17, 15) is 9.59 Å². The smallest absolute Gasteiger partial charge is 0.306 e. The molecular formula is C26H37NO4. The van der Waals surface area contributed by atoms with Gasteiger partial charge in [-0.2, -0.15) is 0 Å². The Kier molecular flexibility index (Phi) is 7.31. The van der Waals surface area contributed by atoms with Gasteiger partial charge in [0.2, 0.25) is 0 Å². The molecule has 3 aliphatic rings. The lowest BCUT2D eigenvalue weighted by Crippen LogP contribution is -2.47. The summed E-state index contributed by atoms with van der Waals surface area (Å²) in [5.74, 6) is 2.06. The average Bonchev–Trinajstić information content (AvgIpc) is 3.56. The number of benzene rings is 1. The highest BCUT2D eigenvalue weighted by Gasteiger charge is 2.39. The molecule has 3 atom stereocenters. The summed E-state index contributed by atoms with van der Waals surface area (Å²) in [4.78, 5) is 27.4. The van der Waals surface area contributed by atoms with Gasteiger partial charge in [-0.1, -0.05) is 6.07 Å². The van der Waals surface area contributed by atoms with E-state index in [1.807, 2.05) is 6.92 Å². The van der Waals surface area contributed by atoms with Crippen LogP contribution in [-0.4, -0.2) is 49.5 Å². The first-order chi connectivity index (χ1) is 15.1. The lowest BCUT2D eigenvalue weighted by atomic mass is 9.73. The SMILES string of the molecule is CCOC(=O)CC1CC(C2Cc3ccc(OC)cc3CCCN2CC2CC2)CCC1=O. The largest absolute Gasteiger partial charge is 0.497 e. The minimum absolute atomic E-state index is 0.179. The molecule has 0 spiro atoms. The van der Waals surface area contributed by atoms with E-state index >= 15 is 0 Å². The number of aryl methyl sites for hydroxylation is 1. The van der Waals surface area contributed by atoms with E-state index < -0.39 is 0 Å². The Balaban J connectivity index is 1.54. The molecule has 5 nitrogen and oxygen atoms in total. The van der Waals surface area contributed by atoms with E-state index in [1.54, 1.807) is 7.11 Å². The number of fused-ring (bicyclic) bond motifs is 1. The Morgan fingerprint density at radius 3 is 2.74 bits per heavy atom. The summed E-state index contributed by atoms with van der Waals surface area (Å²) >= 11 is 0. The van der Waals surface area contributed by atoms with Crippen LogP contribution < -0.4 is 4.74 Å². The monoisotopic (exact) mass is 427 g/mol. The topological polar surface area (TPSA) is 55.8 Å². The molecule has 0 aromatic heterocycles. The number of hydrogen-bond donors (Lipinski definition) is 0. The predicted octanol–water partition coefficient (Wildman–Crippen LogP) is 4.20. The minimum Gasteiger partial charge on any atom is -0.497 e. The first kappa shape index (κ1) is 22.3. The number of Topliss-reactive ketones (excluding diaryl/α,β-unsaturated/α-hetero) is 1. The number of ketones is 1. The van der Waals surface area contributed by atoms with E-state index in [2.05, 4.69) is 23.1 Å². The molecule has 0 N–H and O–H groups in total. The van der Waals surface area contributed by atoms with E-state index in [4.69, 9.17) is 9.47 Å². The van der Waals surface area contributed by atoms with Crippen molar-refractivity contribution in [2.75, 3.05) is 26.8 Å². The molecule has 2 aliphatic carbocycles. The van der Waals surface area contributed by atoms with Crippen molar-refractivity contribution in [3.05, 3.63) is 29.3 Å². The van der Waals surface area contributed by atoms with Crippen molar-refractivity contribution < 1.29 is 19.1 Å². The fourth-order valence-electron chi connectivity index (χ4n) is 5.59. The summed E-state index contributed by atoms with van der Waals surface area (Å²) in [5, 5.41) is 0. The van der Waals surface area contributed by atoms with Crippen LogP contribution in [0.25, 0.3) is 0 Å². The summed E-state index contributed by atoms with van der Waals surface area (Å²) in [6.07, 6.45) is 8.57. The molecule has 1 heterocycles. The molecule has 31 heavy (non-hydrogen) atoms. The third-order valence-electron chi connectivity index (χ3n) is 7.46. The van der Waals surface area contributed by atoms with Crippen LogP contribution in [0, 0.1) is 17.8 Å². The number of ether oxygens (including phenoxy) is 2. The highest BCUT2D eigenvalue weighted by atomic mass is 16.5. The van der Waals surface area contributed by atoms with Gasteiger partial charge in [-0.05, 0) is 93.5 Å². The molecule has 4 rings (SSSR count). The van der Waals surface area contributed by atoms with Crippen molar-refractivity contribution in [2.24, 2.45) is 17.8 Å². The normalized spacial score (nSPS) is 27.2. The maximum atomic E-state index is 12.6. The number of methoxy groups -OCH3 is 1. The van der Waals surface area contributed by atoms with Gasteiger partial charge in [0.15, 0.2) is 0 Å². The van der Waals surface area contributed by atoms with Gasteiger partial charge in [0.25, 0.3) is 0 Å². The molecule has 2 saturated carbocycles. The van der Waals surface area contributed by atoms with E-state index in [0.717, 1.165) is 50.3 Å². The number of carbonyl (C=O) groups excluding carboxylic acids is 2. The first-order valence-electron chi connectivity index (χ1n) is 12.2. The maximum Gasteiger partial charge on any atom is 0.306 e. The molecule has 0 radical (unpaired) electrons. The Bertz CT molecular complexity index is 788. The van der Waals surface area contributed by atoms with Crippen LogP contribution in [0.15, 0.2) is 18.2 Å². The second-order valence-corrected chi connectivity index (χ2v) is 9.65. The van der Waals surface area contributed by atoms with Gasteiger partial charge in [-0.3, -0.25) is 14.5 Å². The fourth-order valence-corrected chi connectivity index (χ4v) is 5.59. The van der Waals surface area contributed by atoms with Crippen LogP contribution in [0.1, 0.15) is 63.0 Å². The third kappa shape index (κ3) is 5.68. The lowest BCUT2D eigenvalue weighted by molar-refractivity contribution is -0.147. The molecule has 1 aromatic rings. The molecule has 2 fully saturated rings. The number of carbonyl (C=O) groups is 2. The zero-order valence-corrected chi connectivity index (χ0v) is 19.1. The van der Waals surface area contributed by atoms with Crippen molar-refractivity contribution in [1.82, 2.24) is 4.90 Å². The maximum absolute atomic E-state index is 12.6. The molecule has 1 aliphatic heterocycles. The van der Waals surface area contributed by atoms with Crippen molar-refractivity contribution in [3.8, 4) is 5.75 Å². The van der Waals surface area contributed by atoms with Crippen LogP contribution >= 0.6 is 0 Å². The summed E-state index contributed by atoms with van der Waals surface area (Å²) in [7, 11) is 1.73. The molecule has 1 aromatic carbocycles. The van der Waals surface area contributed by atoms with Crippen LogP contribution in [-0.2, 0) is 27.2 Å². The van der Waals surface area contributed by atoms with E-state index in [1.165, 1.54) is 30.5 Å². The van der Waals surface area contributed by atoms with Gasteiger partial charge >= 0.3 is 5.97 Å². The Morgan fingerprint density at radius 2 is 2.00 bits per heavy atom. The van der Waals surface area contributed by atoms with E-state index in [-0.39, 0.29) is 24.1 Å². The molecule has 0 amide bonds. The van der Waals surface area contributed by atoms with Gasteiger partial charge in [0.1, 0.15) is 11.5 Å². The molecule has 0 saturated heterocycles. The Labute approximate surface area is 186 Å². The summed E-state index contributed by atoms with van der Waals surface area (Å²) in [6, 6.07) is 6.96. The second-order valence-electron chi connectivity index (χ2n) is 9.65. The number of hydrogen-bond acceptors (Lipinski definition) is 5. The van der Waals surface area contributed by atoms with Crippen LogP contribution in [0.2, 0.25) is 0 Å². The predicted molar refractivity (Wildman–Crippen MR) is 120 cm³/mol. The van der Waals surface area contributed by atoms with Gasteiger partial charge in [0, 0.05) is 24.9 Å². The van der Waals surface area contributed by atoms with Crippen LogP contribution in [0.3, 0.4) is 0 Å². The lowest BCUT2D eigenvalue weighted by Gasteiger charge is -2.42. The van der Waals surface area contributed by atoms with Crippen molar-refractivity contribution in [1.29, 1.82) is 0 Å². The number of esters is 1. The van der Waals surface area contributed by atoms with Gasteiger partial charge in [-0.25, -0.2) is 0 Å². The summed E-state index contributed by atoms with van der Waals surface area (Å²) in [6.45, 7) is 4.50. The third-order valence-corrected chi connectivity index (χ3v) is 7.46. The first-order valence-corrected chi connectivity index (χ1v) is 12.2. The van der Waals surface area contributed by atoms with Gasteiger partial charge in [-0.15, -0.1) is 0 Å². The summed E-state index contributed by atoms with van der Waals surface area (Å²) in [5.41, 5.74) is 2.83. The molecule has 3 unspecified atom stereocenters. The molecule has 170 valence electrons. The highest BCUT2D eigenvalue weighted by molar-refractivity contribution is 5.86. The number of nitrogens with zero attached hydrogens (tertiary/aromatic N) is 1. The van der Waals surface area contributed by atoms with Crippen molar-refractivity contribution in [2.45, 2.75) is 70.8 Å². The van der Waals surface area contributed by atoms with Gasteiger partial charge < -0.3 is 9.47 Å². The van der Waals surface area contributed by atoms with Crippen molar-refractivity contribution in [3.63, 3.8) is 0 Å². The summed E-state index contributed by atoms with van der Waals surface area (Å²) < 4.78 is 10.6. The second kappa shape index (κ2) is 10.2. The van der Waals surface area contributed by atoms with Crippen LogP contribution in [0.5, 0.6) is 5.75 Å². The Morgan fingerprint density at radius 1 is 1.16 bits per heavy atom. The van der Waals surface area contributed by atoms with Crippen LogP contribution in [0.4, 0.5) is 0 Å². The molecular weight excluding hydrogens is 390 g/mol. The van der Waals surface area contributed by atoms with E-state index in [0.29, 0.717) is 25.0 Å².